The van der Waals surface area contributed by atoms with Gasteiger partial charge in [0.25, 0.3) is 0 Å². The molecule has 0 aliphatic rings. The summed E-state index contributed by atoms with van der Waals surface area (Å²) in [6, 6.07) is 14.7. The van der Waals surface area contributed by atoms with Crippen LogP contribution in [0, 0.1) is 0 Å². The van der Waals surface area contributed by atoms with Gasteiger partial charge >= 0.3 is 0 Å². The van der Waals surface area contributed by atoms with Crippen molar-refractivity contribution >= 4 is 34.0 Å². The lowest BCUT2D eigenvalue weighted by Gasteiger charge is -1.97. The van der Waals surface area contributed by atoms with Crippen LogP contribution < -0.4 is 0 Å². The Labute approximate surface area is 128 Å². The summed E-state index contributed by atoms with van der Waals surface area (Å²) in [4.78, 5) is 5.20. The number of hydrogen-bond donors (Lipinski definition) is 0. The maximum absolute atomic E-state index is 5.60. The van der Waals surface area contributed by atoms with Gasteiger partial charge in [-0.3, -0.25) is 0 Å². The van der Waals surface area contributed by atoms with Crippen LogP contribution in [0.2, 0.25) is 0 Å². The van der Waals surface area contributed by atoms with Crippen LogP contribution in [0.4, 0.5) is 0 Å². The highest BCUT2D eigenvalue weighted by molar-refractivity contribution is 7.26. The van der Waals surface area contributed by atoms with Crippen LogP contribution in [-0.4, -0.2) is 0 Å². The molecule has 0 aliphatic heterocycles. The predicted octanol–water partition coefficient (Wildman–Crippen LogP) is 6.47. The van der Waals surface area contributed by atoms with Gasteiger partial charge in [-0.25, -0.2) is 0 Å². The van der Waals surface area contributed by atoms with Gasteiger partial charge in [0.05, 0.1) is 11.1 Å². The third-order valence-electron chi connectivity index (χ3n) is 3.03. The van der Waals surface area contributed by atoms with Crippen molar-refractivity contribution in [3.8, 4) is 30.8 Å². The second kappa shape index (κ2) is 5.05. The Kier molecular flexibility index (Phi) is 3.07. The van der Waals surface area contributed by atoms with Gasteiger partial charge in [0, 0.05) is 20.2 Å². The van der Waals surface area contributed by atoms with Gasteiger partial charge in [0.15, 0.2) is 0 Å². The first-order valence-electron chi connectivity index (χ1n) is 6.17. The van der Waals surface area contributed by atoms with Crippen molar-refractivity contribution < 1.29 is 4.42 Å². The minimum Gasteiger partial charge on any atom is -0.464 e. The van der Waals surface area contributed by atoms with E-state index in [0.717, 1.165) is 5.76 Å². The maximum Gasteiger partial charge on any atom is 0.135 e. The highest BCUT2D eigenvalue weighted by atomic mass is 32.1. The molecule has 0 atom stereocenters. The summed E-state index contributed by atoms with van der Waals surface area (Å²) in [6.07, 6.45) is 1.73. The third-order valence-corrected chi connectivity index (χ3v) is 6.28. The summed E-state index contributed by atoms with van der Waals surface area (Å²) in [7, 11) is 0. The van der Waals surface area contributed by atoms with Crippen LogP contribution >= 0.6 is 34.0 Å². The Morgan fingerprint density at radius 2 is 1.60 bits per heavy atom. The molecule has 0 N–H and O–H groups in total. The van der Waals surface area contributed by atoms with Crippen LogP contribution in [0.5, 0.6) is 0 Å². The van der Waals surface area contributed by atoms with Gasteiger partial charge in [0.1, 0.15) is 5.76 Å². The molecular weight excluding hydrogens is 304 g/mol. The summed E-state index contributed by atoms with van der Waals surface area (Å²) in [5.41, 5.74) is 1.19. The van der Waals surface area contributed by atoms with E-state index in [2.05, 4.69) is 41.1 Å². The lowest BCUT2D eigenvalue weighted by molar-refractivity contribution is 0.583. The minimum atomic E-state index is 0.937. The number of furan rings is 1. The van der Waals surface area contributed by atoms with Gasteiger partial charge < -0.3 is 4.42 Å². The second-order valence-electron chi connectivity index (χ2n) is 4.29. The van der Waals surface area contributed by atoms with Crippen molar-refractivity contribution in [2.45, 2.75) is 0 Å². The molecule has 4 aromatic rings. The average Bonchev–Trinajstić information content (AvgIpc) is 3.22. The lowest BCUT2D eigenvalue weighted by atomic mass is 10.1. The molecular formula is C16H10OS3. The second-order valence-corrected chi connectivity index (χ2v) is 7.23. The molecule has 0 spiro atoms. The first-order chi connectivity index (χ1) is 9.92. The smallest absolute Gasteiger partial charge is 0.135 e. The van der Waals surface area contributed by atoms with Gasteiger partial charge in [-0.15, -0.1) is 34.0 Å². The summed E-state index contributed by atoms with van der Waals surface area (Å²) in [6.45, 7) is 0. The monoisotopic (exact) mass is 314 g/mol. The van der Waals surface area contributed by atoms with Crippen molar-refractivity contribution in [1.82, 2.24) is 0 Å². The van der Waals surface area contributed by atoms with E-state index in [1.54, 1.807) is 28.9 Å². The van der Waals surface area contributed by atoms with E-state index in [0.29, 0.717) is 0 Å². The average molecular weight is 314 g/mol. The number of hydrogen-bond acceptors (Lipinski definition) is 4. The maximum atomic E-state index is 5.60. The molecule has 0 fully saturated rings. The fourth-order valence-corrected chi connectivity index (χ4v) is 4.99. The van der Waals surface area contributed by atoms with Crippen LogP contribution in [-0.2, 0) is 0 Å². The zero-order valence-electron chi connectivity index (χ0n) is 10.4. The van der Waals surface area contributed by atoms with E-state index < -0.39 is 0 Å². The molecule has 0 aliphatic carbocycles. The van der Waals surface area contributed by atoms with E-state index in [4.69, 9.17) is 4.42 Å². The third kappa shape index (κ3) is 2.06. The molecule has 0 amide bonds. The van der Waals surface area contributed by atoms with Crippen molar-refractivity contribution in [2.24, 2.45) is 0 Å². The van der Waals surface area contributed by atoms with Crippen molar-refractivity contribution in [3.63, 3.8) is 0 Å². The van der Waals surface area contributed by atoms with E-state index in [1.807, 2.05) is 23.5 Å². The molecule has 0 unspecified atom stereocenters. The highest BCUT2D eigenvalue weighted by Gasteiger charge is 2.16. The van der Waals surface area contributed by atoms with Crippen LogP contribution in [0.3, 0.4) is 0 Å². The molecule has 1 nitrogen and oxygen atoms in total. The van der Waals surface area contributed by atoms with Crippen LogP contribution in [0.1, 0.15) is 0 Å². The first-order valence-corrected chi connectivity index (χ1v) is 8.75. The zero-order chi connectivity index (χ0) is 13.4. The summed E-state index contributed by atoms with van der Waals surface area (Å²) in [5.74, 6) is 0.937. The van der Waals surface area contributed by atoms with Crippen molar-refractivity contribution in [3.05, 3.63) is 59.5 Å². The normalized spacial score (nSPS) is 11.0. The van der Waals surface area contributed by atoms with Gasteiger partial charge in [-0.2, -0.15) is 0 Å². The van der Waals surface area contributed by atoms with Gasteiger partial charge in [-0.1, -0.05) is 12.1 Å². The summed E-state index contributed by atoms with van der Waals surface area (Å²) < 4.78 is 5.60. The Balaban J connectivity index is 1.92. The van der Waals surface area contributed by atoms with Crippen molar-refractivity contribution in [2.75, 3.05) is 0 Å². The molecule has 4 heteroatoms. The molecule has 0 aromatic carbocycles. The van der Waals surface area contributed by atoms with Gasteiger partial charge in [-0.05, 0) is 41.1 Å². The molecule has 20 heavy (non-hydrogen) atoms. The Bertz CT molecular complexity index is 739. The Hall–Kier alpha value is -1.62. The van der Waals surface area contributed by atoms with Crippen LogP contribution in [0.15, 0.2) is 63.9 Å². The molecule has 0 saturated heterocycles. The summed E-state index contributed by atoms with van der Waals surface area (Å²) in [5, 5.41) is 4.23. The molecule has 4 heterocycles. The van der Waals surface area contributed by atoms with E-state index >= 15 is 0 Å². The minimum absolute atomic E-state index is 0.937. The van der Waals surface area contributed by atoms with Crippen molar-refractivity contribution in [1.29, 1.82) is 0 Å². The first kappa shape index (κ1) is 12.1. The van der Waals surface area contributed by atoms with E-state index in [-0.39, 0.29) is 0 Å². The molecule has 0 saturated carbocycles. The largest absolute Gasteiger partial charge is 0.464 e. The fourth-order valence-electron chi connectivity index (χ4n) is 2.14. The predicted molar refractivity (Wildman–Crippen MR) is 88.6 cm³/mol. The number of rotatable bonds is 3. The molecule has 0 bridgehead atoms. The highest BCUT2D eigenvalue weighted by Crippen LogP contribution is 2.45. The quantitative estimate of drug-likeness (QED) is 0.422. The van der Waals surface area contributed by atoms with E-state index in [1.165, 1.54) is 25.1 Å². The molecule has 4 rings (SSSR count). The molecule has 4 aromatic heterocycles. The molecule has 0 radical (unpaired) electrons. The van der Waals surface area contributed by atoms with Crippen LogP contribution in [0.25, 0.3) is 30.8 Å². The zero-order valence-corrected chi connectivity index (χ0v) is 12.9. The lowest BCUT2D eigenvalue weighted by Crippen LogP contribution is -1.71. The standard InChI is InChI=1S/C16H10OS3/c1-4-12(17-7-1)11-10-15(13-5-2-8-18-13)20-16(11)14-6-3-9-19-14/h1-10H. The Morgan fingerprint density at radius 3 is 2.25 bits per heavy atom. The molecule has 98 valence electrons. The topological polar surface area (TPSA) is 13.1 Å². The Morgan fingerprint density at radius 1 is 0.800 bits per heavy atom. The van der Waals surface area contributed by atoms with E-state index in [9.17, 15) is 0 Å². The fraction of sp³-hybridized carbons (Fsp3) is 0. The van der Waals surface area contributed by atoms with Gasteiger partial charge in [0.2, 0.25) is 0 Å². The summed E-state index contributed by atoms with van der Waals surface area (Å²) >= 11 is 5.38. The number of thiophene rings is 3. The SMILES string of the molecule is c1coc(-c2cc(-c3cccs3)sc2-c2cccs2)c1.